The molecule has 2 rings (SSSR count). The number of nitrogens with zero attached hydrogens (tertiary/aromatic N) is 1. The second kappa shape index (κ2) is 10.9. The summed E-state index contributed by atoms with van der Waals surface area (Å²) in [6, 6.07) is 4.60. The molecule has 8 atom stereocenters. The quantitative estimate of drug-likeness (QED) is 0.263. The van der Waals surface area contributed by atoms with Crippen LogP contribution in [0.2, 0.25) is 0 Å². The van der Waals surface area contributed by atoms with E-state index in [-0.39, 0.29) is 6.61 Å². The van der Waals surface area contributed by atoms with Gasteiger partial charge in [-0.05, 0) is 29.9 Å². The zero-order valence-corrected chi connectivity index (χ0v) is 16.4. The highest BCUT2D eigenvalue weighted by atomic mass is 33.1. The molecule has 0 saturated carbocycles. The fourth-order valence-electron chi connectivity index (χ4n) is 2.41. The van der Waals surface area contributed by atoms with Gasteiger partial charge >= 0.3 is 0 Å². The number of hydrogen-bond acceptors (Lipinski definition) is 11. The predicted molar refractivity (Wildman–Crippen MR) is 101 cm³/mol. The number of aliphatic hydroxyl groups excluding tert-OH is 5. The summed E-state index contributed by atoms with van der Waals surface area (Å²) in [6.07, 6.45) is -6.79. The highest BCUT2D eigenvalue weighted by Crippen LogP contribution is 2.33. The fourth-order valence-corrected chi connectivity index (χ4v) is 4.51. The van der Waals surface area contributed by atoms with Crippen molar-refractivity contribution in [2.45, 2.75) is 60.9 Å². The average Bonchev–Trinajstić information content (AvgIpc) is 2.67. The molecule has 0 bridgehead atoms. The Morgan fingerprint density at radius 3 is 2.59 bits per heavy atom. The number of hydrogen-bond donors (Lipinski definition) is 6. The summed E-state index contributed by atoms with van der Waals surface area (Å²) in [4.78, 5) is 4.17. The number of pyridine rings is 1. The minimum Gasteiger partial charge on any atom is -0.391 e. The molecule has 0 aromatic carbocycles. The summed E-state index contributed by atoms with van der Waals surface area (Å²) in [6.45, 7) is 1.18. The lowest BCUT2D eigenvalue weighted by Gasteiger charge is -2.40. The Morgan fingerprint density at radius 2 is 1.96 bits per heavy atom. The van der Waals surface area contributed by atoms with E-state index in [1.165, 1.54) is 28.5 Å². The molecule has 0 aliphatic carbocycles. The Balaban J connectivity index is 1.86. The normalized spacial score (nSPS) is 32.0. The first-order valence-corrected chi connectivity index (χ1v) is 10.8. The van der Waals surface area contributed by atoms with Gasteiger partial charge in [-0.15, -0.1) is 0 Å². The molecule has 27 heavy (non-hydrogen) atoms. The van der Waals surface area contributed by atoms with Crippen molar-refractivity contribution in [3.8, 4) is 0 Å². The largest absolute Gasteiger partial charge is 0.391 e. The van der Waals surface area contributed by atoms with Gasteiger partial charge < -0.3 is 40.7 Å². The van der Waals surface area contributed by atoms with Crippen molar-refractivity contribution in [1.82, 2.24) is 4.98 Å². The zero-order chi connectivity index (χ0) is 20.0. The molecule has 1 aliphatic heterocycles. The van der Waals surface area contributed by atoms with Crippen LogP contribution in [0.1, 0.15) is 6.92 Å². The van der Waals surface area contributed by atoms with Gasteiger partial charge in [-0.1, -0.05) is 16.9 Å². The maximum absolute atomic E-state index is 10.1. The summed E-state index contributed by atoms with van der Waals surface area (Å²) in [5.74, 6) is 0.314. The molecule has 154 valence electrons. The van der Waals surface area contributed by atoms with Crippen LogP contribution in [0.4, 0.5) is 0 Å². The van der Waals surface area contributed by atoms with Crippen LogP contribution in [0.3, 0.4) is 0 Å². The predicted octanol–water partition coefficient (Wildman–Crippen LogP) is -1.28. The first-order chi connectivity index (χ1) is 12.8. The molecule has 1 aliphatic rings. The van der Waals surface area contributed by atoms with Crippen molar-refractivity contribution in [2.24, 2.45) is 5.73 Å². The Hall–Kier alpha value is -0.470. The van der Waals surface area contributed by atoms with Crippen molar-refractivity contribution in [3.63, 3.8) is 0 Å². The summed E-state index contributed by atoms with van der Waals surface area (Å²) in [5, 5.41) is 50.1. The molecule has 2 heterocycles. The van der Waals surface area contributed by atoms with E-state index in [0.717, 1.165) is 5.03 Å². The second-order valence-corrected chi connectivity index (χ2v) is 8.64. The van der Waals surface area contributed by atoms with Crippen LogP contribution >= 0.6 is 21.6 Å². The number of aromatic nitrogens is 1. The number of aliphatic hydroxyl groups is 5. The standard InChI is InChI=1S/C16H26N2O7S2/c1-8(19)12(20)9(17)6-24-16-15(23)14(22)13(21)10(25-16)7-26-27-11-4-2-3-5-18-11/h2-5,8-10,12-16,19-23H,6-7,17H2,1H3/t8-,9+,10?,12-,13+,14?,15?,16+/m1/s1. The fraction of sp³-hybridized carbons (Fsp3) is 0.688. The lowest BCUT2D eigenvalue weighted by Crippen LogP contribution is -2.59. The van der Waals surface area contributed by atoms with Gasteiger partial charge in [0.15, 0.2) is 6.29 Å². The third-order valence-corrected chi connectivity index (χ3v) is 6.34. The first kappa shape index (κ1) is 22.8. The molecule has 1 fully saturated rings. The zero-order valence-electron chi connectivity index (χ0n) is 14.7. The smallest absolute Gasteiger partial charge is 0.186 e. The van der Waals surface area contributed by atoms with E-state index in [1.807, 2.05) is 18.2 Å². The van der Waals surface area contributed by atoms with Gasteiger partial charge in [0.1, 0.15) is 23.3 Å². The van der Waals surface area contributed by atoms with E-state index in [4.69, 9.17) is 15.2 Å². The molecule has 7 N–H and O–H groups in total. The van der Waals surface area contributed by atoms with Gasteiger partial charge in [0, 0.05) is 11.9 Å². The molecule has 3 unspecified atom stereocenters. The first-order valence-electron chi connectivity index (χ1n) is 8.44. The van der Waals surface area contributed by atoms with Crippen LogP contribution in [-0.2, 0) is 9.47 Å². The molecule has 0 radical (unpaired) electrons. The van der Waals surface area contributed by atoms with E-state index in [9.17, 15) is 25.5 Å². The molecule has 1 saturated heterocycles. The van der Waals surface area contributed by atoms with Crippen LogP contribution in [0, 0.1) is 0 Å². The van der Waals surface area contributed by atoms with E-state index >= 15 is 0 Å². The molecule has 1 aromatic heterocycles. The van der Waals surface area contributed by atoms with Crippen LogP contribution in [-0.4, -0.2) is 91.8 Å². The third kappa shape index (κ3) is 6.53. The molecule has 9 nitrogen and oxygen atoms in total. The monoisotopic (exact) mass is 422 g/mol. The van der Waals surface area contributed by atoms with Crippen molar-refractivity contribution in [1.29, 1.82) is 0 Å². The van der Waals surface area contributed by atoms with Crippen molar-refractivity contribution in [3.05, 3.63) is 24.4 Å². The Morgan fingerprint density at radius 1 is 1.22 bits per heavy atom. The van der Waals surface area contributed by atoms with E-state index in [0.29, 0.717) is 5.75 Å². The summed E-state index contributed by atoms with van der Waals surface area (Å²) in [5.41, 5.74) is 5.72. The number of nitrogens with two attached hydrogens (primary N) is 1. The molecule has 1 aromatic rings. The highest BCUT2D eigenvalue weighted by molar-refractivity contribution is 8.76. The van der Waals surface area contributed by atoms with Crippen molar-refractivity contribution in [2.75, 3.05) is 12.4 Å². The van der Waals surface area contributed by atoms with Crippen LogP contribution in [0.15, 0.2) is 29.4 Å². The van der Waals surface area contributed by atoms with Gasteiger partial charge in [-0.25, -0.2) is 4.98 Å². The minimum atomic E-state index is -1.47. The van der Waals surface area contributed by atoms with E-state index < -0.39 is 49.0 Å². The molecule has 0 spiro atoms. The van der Waals surface area contributed by atoms with Gasteiger partial charge in [-0.2, -0.15) is 0 Å². The van der Waals surface area contributed by atoms with Crippen LogP contribution < -0.4 is 5.73 Å². The number of ether oxygens (including phenoxy) is 2. The summed E-state index contributed by atoms with van der Waals surface area (Å²) < 4.78 is 10.9. The summed E-state index contributed by atoms with van der Waals surface area (Å²) in [7, 11) is 2.77. The SMILES string of the molecule is C[C@@H](O)[C@@H](O)[C@@H](N)CO[C@H]1OC(CSSc2ccccn2)[C@H](O)C(O)C1O. The topological polar surface area (TPSA) is 159 Å². The van der Waals surface area contributed by atoms with Crippen LogP contribution in [0.25, 0.3) is 0 Å². The van der Waals surface area contributed by atoms with Crippen molar-refractivity contribution < 1.29 is 35.0 Å². The van der Waals surface area contributed by atoms with Gasteiger partial charge in [-0.3, -0.25) is 0 Å². The highest BCUT2D eigenvalue weighted by Gasteiger charge is 2.44. The van der Waals surface area contributed by atoms with Gasteiger partial charge in [0.05, 0.1) is 31.0 Å². The Labute approximate surface area is 165 Å². The van der Waals surface area contributed by atoms with E-state index in [1.54, 1.807) is 6.20 Å². The molecule has 11 heteroatoms. The average molecular weight is 423 g/mol. The third-order valence-electron chi connectivity index (χ3n) is 4.07. The molecule has 0 amide bonds. The van der Waals surface area contributed by atoms with Crippen molar-refractivity contribution >= 4 is 21.6 Å². The lowest BCUT2D eigenvalue weighted by atomic mass is 10.00. The minimum absolute atomic E-state index is 0.209. The lowest BCUT2D eigenvalue weighted by molar-refractivity contribution is -0.293. The van der Waals surface area contributed by atoms with E-state index in [2.05, 4.69) is 4.98 Å². The molecular formula is C16H26N2O7S2. The second-order valence-electron chi connectivity index (χ2n) is 6.28. The molecular weight excluding hydrogens is 396 g/mol. The maximum atomic E-state index is 10.1. The van der Waals surface area contributed by atoms with Gasteiger partial charge in [0.25, 0.3) is 0 Å². The van der Waals surface area contributed by atoms with Gasteiger partial charge in [0.2, 0.25) is 0 Å². The summed E-state index contributed by atoms with van der Waals surface area (Å²) >= 11 is 0. The Bertz CT molecular complexity index is 557. The maximum Gasteiger partial charge on any atom is 0.186 e. The number of rotatable bonds is 9. The Kier molecular flexibility index (Phi) is 9.22. The van der Waals surface area contributed by atoms with Crippen LogP contribution in [0.5, 0.6) is 0 Å².